The third kappa shape index (κ3) is 34.2. The average Bonchev–Trinajstić information content (AvgIpc) is 2.76. The van der Waals surface area contributed by atoms with E-state index in [1.165, 1.54) is 122 Å². The van der Waals surface area contributed by atoms with Crippen molar-refractivity contribution in [2.24, 2.45) is 0 Å². The zero-order chi connectivity index (χ0) is 23.3. The molecule has 0 aliphatic rings. The molecule has 0 aliphatic heterocycles. The van der Waals surface area contributed by atoms with Gasteiger partial charge in [0.25, 0.3) is 0 Å². The Kier molecular flexibility index (Phi) is 33.3. The Labute approximate surface area is 196 Å². The quantitative estimate of drug-likeness (QED) is 0.127. The first kappa shape index (κ1) is 32.6. The molecule has 188 valence electrons. The lowest BCUT2D eigenvalue weighted by Crippen LogP contribution is -2.05. The number of aliphatic hydroxyl groups excluding tert-OH is 1. The molecule has 0 amide bonds. The van der Waals surface area contributed by atoms with E-state index < -0.39 is 0 Å². The average molecular weight is 443 g/mol. The number of carbonyl (C=O) groups is 1. The van der Waals surface area contributed by atoms with Crippen molar-refractivity contribution >= 4 is 5.97 Å². The van der Waals surface area contributed by atoms with Crippen LogP contribution in [0.25, 0.3) is 0 Å². The molecule has 0 spiro atoms. The second kappa shape index (κ2) is 31.6. The summed E-state index contributed by atoms with van der Waals surface area (Å²) in [4.78, 5) is 11.7. The zero-order valence-corrected chi connectivity index (χ0v) is 21.7. The molecule has 3 nitrogen and oxygen atoms in total. The van der Waals surface area contributed by atoms with Gasteiger partial charge in [-0.05, 0) is 19.8 Å². The van der Waals surface area contributed by atoms with Crippen LogP contribution >= 0.6 is 0 Å². The van der Waals surface area contributed by atoms with E-state index in [0.717, 1.165) is 12.8 Å². The molecular weight excluding hydrogens is 384 g/mol. The number of esters is 1. The number of aliphatic hydroxyl groups is 1. The molecule has 0 saturated heterocycles. The minimum absolute atomic E-state index is 0.0169. The first-order valence-electron chi connectivity index (χ1n) is 14.0. The van der Waals surface area contributed by atoms with Crippen molar-refractivity contribution in [3.8, 4) is 0 Å². The van der Waals surface area contributed by atoms with Gasteiger partial charge < -0.3 is 9.84 Å². The Bertz CT molecular complexity index is 317. The summed E-state index contributed by atoms with van der Waals surface area (Å²) in [6.07, 6.45) is 28.4. The Balaban J connectivity index is 0. The van der Waals surface area contributed by atoms with Crippen molar-refractivity contribution in [2.75, 3.05) is 13.2 Å². The summed E-state index contributed by atoms with van der Waals surface area (Å²) >= 11 is 0. The summed E-state index contributed by atoms with van der Waals surface area (Å²) < 4.78 is 5.36. The van der Waals surface area contributed by atoms with E-state index in [1.807, 2.05) is 0 Å². The fraction of sp³-hybridized carbons (Fsp3) is 0.964. The number of hydrogen-bond donors (Lipinski definition) is 1. The van der Waals surface area contributed by atoms with Crippen molar-refractivity contribution in [3.63, 3.8) is 0 Å². The van der Waals surface area contributed by atoms with Gasteiger partial charge in [-0.1, -0.05) is 136 Å². The highest BCUT2D eigenvalue weighted by molar-refractivity contribution is 5.69. The standard InChI is InChI=1S/C26H52O2.C2H6O/c1-3-5-7-9-11-12-13-14-15-16-17-19-21-23-25-28-26(27)24-22-20-18-10-8-6-4-2;1-2-3/h3-25H2,1-2H3;3H,2H2,1H3. The lowest BCUT2D eigenvalue weighted by molar-refractivity contribution is -0.143. The minimum Gasteiger partial charge on any atom is -0.466 e. The smallest absolute Gasteiger partial charge is 0.305 e. The van der Waals surface area contributed by atoms with Gasteiger partial charge in [0.2, 0.25) is 0 Å². The monoisotopic (exact) mass is 442 g/mol. The van der Waals surface area contributed by atoms with Crippen LogP contribution in [0.15, 0.2) is 0 Å². The van der Waals surface area contributed by atoms with Crippen molar-refractivity contribution in [2.45, 2.75) is 162 Å². The highest BCUT2D eigenvalue weighted by atomic mass is 16.5. The van der Waals surface area contributed by atoms with Crippen LogP contribution in [0.4, 0.5) is 0 Å². The Morgan fingerprint density at radius 3 is 1.16 bits per heavy atom. The SMILES string of the molecule is CCCCCCCCCCCCCCCCOC(=O)CCCCCCCCC.CCO. The van der Waals surface area contributed by atoms with Crippen LogP contribution in [0, 0.1) is 0 Å². The predicted molar refractivity (Wildman–Crippen MR) is 137 cm³/mol. The molecule has 0 aromatic rings. The third-order valence-electron chi connectivity index (χ3n) is 5.75. The maximum Gasteiger partial charge on any atom is 0.305 e. The van der Waals surface area contributed by atoms with Gasteiger partial charge in [-0.3, -0.25) is 4.79 Å². The largest absolute Gasteiger partial charge is 0.466 e. The van der Waals surface area contributed by atoms with Gasteiger partial charge in [-0.2, -0.15) is 0 Å². The number of hydrogen-bond acceptors (Lipinski definition) is 3. The van der Waals surface area contributed by atoms with Gasteiger partial charge >= 0.3 is 5.97 Å². The molecule has 0 aliphatic carbocycles. The summed E-state index contributed by atoms with van der Waals surface area (Å²) in [7, 11) is 0. The Morgan fingerprint density at radius 2 is 0.806 bits per heavy atom. The zero-order valence-electron chi connectivity index (χ0n) is 21.7. The highest BCUT2D eigenvalue weighted by Crippen LogP contribution is 2.13. The maximum atomic E-state index is 11.7. The fourth-order valence-electron chi connectivity index (χ4n) is 3.78. The van der Waals surface area contributed by atoms with Crippen LogP contribution in [0.3, 0.4) is 0 Å². The molecule has 0 aromatic heterocycles. The van der Waals surface area contributed by atoms with Gasteiger partial charge in [0.15, 0.2) is 0 Å². The van der Waals surface area contributed by atoms with Crippen molar-refractivity contribution in [3.05, 3.63) is 0 Å². The lowest BCUT2D eigenvalue weighted by Gasteiger charge is -2.05. The van der Waals surface area contributed by atoms with E-state index in [1.54, 1.807) is 6.92 Å². The molecule has 0 heterocycles. The van der Waals surface area contributed by atoms with E-state index in [9.17, 15) is 4.79 Å². The van der Waals surface area contributed by atoms with Crippen LogP contribution in [-0.2, 0) is 9.53 Å². The molecule has 1 N–H and O–H groups in total. The molecular formula is C28H58O3. The number of unbranched alkanes of at least 4 members (excludes halogenated alkanes) is 19. The predicted octanol–water partition coefficient (Wildman–Crippen LogP) is 9.15. The maximum absolute atomic E-state index is 11.7. The van der Waals surface area contributed by atoms with Gasteiger partial charge in [-0.25, -0.2) is 0 Å². The van der Waals surface area contributed by atoms with Gasteiger partial charge in [0.1, 0.15) is 0 Å². The molecule has 0 saturated carbocycles. The van der Waals surface area contributed by atoms with E-state index in [2.05, 4.69) is 13.8 Å². The Hall–Kier alpha value is -0.570. The Morgan fingerprint density at radius 1 is 0.516 bits per heavy atom. The first-order chi connectivity index (χ1) is 15.2. The first-order valence-corrected chi connectivity index (χ1v) is 14.0. The summed E-state index contributed by atoms with van der Waals surface area (Å²) in [6.45, 7) is 7.09. The number of rotatable bonds is 23. The van der Waals surface area contributed by atoms with Crippen LogP contribution in [-0.4, -0.2) is 24.3 Å². The summed E-state index contributed by atoms with van der Waals surface area (Å²) in [5.74, 6) is 0.0169. The van der Waals surface area contributed by atoms with E-state index in [0.29, 0.717) is 13.0 Å². The van der Waals surface area contributed by atoms with Crippen LogP contribution in [0.1, 0.15) is 162 Å². The summed E-state index contributed by atoms with van der Waals surface area (Å²) in [5, 5.41) is 7.57. The van der Waals surface area contributed by atoms with Gasteiger partial charge in [0, 0.05) is 13.0 Å². The second-order valence-corrected chi connectivity index (χ2v) is 9.00. The lowest BCUT2D eigenvalue weighted by atomic mass is 10.0. The van der Waals surface area contributed by atoms with E-state index >= 15 is 0 Å². The van der Waals surface area contributed by atoms with Crippen molar-refractivity contribution in [1.82, 2.24) is 0 Å². The molecule has 3 heteroatoms. The minimum atomic E-state index is 0.0169. The topological polar surface area (TPSA) is 46.5 Å². The molecule has 0 rings (SSSR count). The highest BCUT2D eigenvalue weighted by Gasteiger charge is 2.02. The molecule has 0 bridgehead atoms. The summed E-state index contributed by atoms with van der Waals surface area (Å²) in [5.41, 5.74) is 0. The van der Waals surface area contributed by atoms with Crippen LogP contribution in [0.5, 0.6) is 0 Å². The number of carbonyl (C=O) groups excluding carboxylic acids is 1. The molecule has 31 heavy (non-hydrogen) atoms. The van der Waals surface area contributed by atoms with E-state index in [4.69, 9.17) is 9.84 Å². The molecule has 0 aromatic carbocycles. The van der Waals surface area contributed by atoms with Gasteiger partial charge in [0.05, 0.1) is 6.61 Å². The second-order valence-electron chi connectivity index (χ2n) is 9.00. The van der Waals surface area contributed by atoms with E-state index in [-0.39, 0.29) is 12.6 Å². The van der Waals surface area contributed by atoms with Crippen LogP contribution in [0.2, 0.25) is 0 Å². The fourth-order valence-corrected chi connectivity index (χ4v) is 3.78. The molecule has 0 radical (unpaired) electrons. The van der Waals surface area contributed by atoms with Crippen molar-refractivity contribution in [1.29, 1.82) is 0 Å². The van der Waals surface area contributed by atoms with Gasteiger partial charge in [-0.15, -0.1) is 0 Å². The number of ether oxygens (including phenoxy) is 1. The van der Waals surface area contributed by atoms with Crippen LogP contribution < -0.4 is 0 Å². The normalized spacial score (nSPS) is 10.6. The third-order valence-corrected chi connectivity index (χ3v) is 5.75. The van der Waals surface area contributed by atoms with Crippen molar-refractivity contribution < 1.29 is 14.6 Å². The molecule has 0 fully saturated rings. The summed E-state index contributed by atoms with van der Waals surface area (Å²) in [6, 6.07) is 0. The molecule has 0 atom stereocenters. The molecule has 0 unspecified atom stereocenters.